The summed E-state index contributed by atoms with van der Waals surface area (Å²) in [6.07, 6.45) is 2.82. The zero-order valence-electron chi connectivity index (χ0n) is 10.0. The third-order valence-corrected chi connectivity index (χ3v) is 2.57. The van der Waals surface area contributed by atoms with E-state index in [1.54, 1.807) is 19.1 Å². The minimum absolute atomic E-state index is 0.343. The number of halogens is 1. The average molecular weight is 259 g/mol. The molecular weight excluding hydrogens is 249 g/mol. The van der Waals surface area contributed by atoms with E-state index in [4.69, 9.17) is 0 Å². The largest absolute Gasteiger partial charge is 0.323 e. The third kappa shape index (κ3) is 2.15. The first-order valence-corrected chi connectivity index (χ1v) is 5.53. The molecule has 0 spiro atoms. The molecule has 0 aliphatic rings. The predicted octanol–water partition coefficient (Wildman–Crippen LogP) is 1.58. The van der Waals surface area contributed by atoms with Crippen LogP contribution in [0.5, 0.6) is 0 Å². The maximum Gasteiger partial charge on any atom is 0.246 e. The van der Waals surface area contributed by atoms with Crippen molar-refractivity contribution in [3.63, 3.8) is 0 Å². The van der Waals surface area contributed by atoms with Crippen molar-refractivity contribution in [3.05, 3.63) is 42.5 Å². The molecule has 0 radical (unpaired) electrons. The fourth-order valence-electron chi connectivity index (χ4n) is 1.69. The molecule has 0 aliphatic carbocycles. The Morgan fingerprint density at radius 1 is 1.32 bits per heavy atom. The highest BCUT2D eigenvalue weighted by Gasteiger charge is 2.09. The van der Waals surface area contributed by atoms with Crippen LogP contribution in [-0.4, -0.2) is 29.9 Å². The Morgan fingerprint density at radius 3 is 2.84 bits per heavy atom. The molecule has 19 heavy (non-hydrogen) atoms. The van der Waals surface area contributed by atoms with Crippen LogP contribution in [0.1, 0.15) is 5.82 Å². The molecule has 0 bridgehead atoms. The summed E-state index contributed by atoms with van der Waals surface area (Å²) in [5.74, 6) is 0.590. The number of nitrogens with zero attached hydrogens (tertiary/aromatic N) is 5. The number of nitrogens with one attached hydrogen (secondary N) is 2. The average Bonchev–Trinajstić information content (AvgIpc) is 3.02. The van der Waals surface area contributed by atoms with Crippen LogP contribution in [0.3, 0.4) is 0 Å². The van der Waals surface area contributed by atoms with Gasteiger partial charge in [-0.2, -0.15) is 5.10 Å². The van der Waals surface area contributed by atoms with Crippen LogP contribution in [0.15, 0.2) is 30.9 Å². The first-order valence-electron chi connectivity index (χ1n) is 5.53. The van der Waals surface area contributed by atoms with Gasteiger partial charge in [0.1, 0.15) is 24.2 Å². The van der Waals surface area contributed by atoms with E-state index in [2.05, 4.69) is 30.6 Å². The molecular formula is C11H10FN7. The van der Waals surface area contributed by atoms with E-state index in [9.17, 15) is 4.39 Å². The summed E-state index contributed by atoms with van der Waals surface area (Å²) < 4.78 is 15.5. The molecule has 0 fully saturated rings. The van der Waals surface area contributed by atoms with Gasteiger partial charge in [-0.05, 0) is 25.1 Å². The molecule has 96 valence electrons. The van der Waals surface area contributed by atoms with Gasteiger partial charge in [-0.25, -0.2) is 19.0 Å². The number of aromatic amines is 1. The Kier molecular flexibility index (Phi) is 2.67. The lowest BCUT2D eigenvalue weighted by molar-refractivity contribution is 0.608. The zero-order valence-corrected chi connectivity index (χ0v) is 10.0. The van der Waals surface area contributed by atoms with Crippen molar-refractivity contribution in [2.45, 2.75) is 6.92 Å². The van der Waals surface area contributed by atoms with Gasteiger partial charge < -0.3 is 5.32 Å². The van der Waals surface area contributed by atoms with Gasteiger partial charge in [-0.3, -0.25) is 5.10 Å². The lowest BCUT2D eigenvalue weighted by Gasteiger charge is -2.07. The van der Waals surface area contributed by atoms with E-state index >= 15 is 0 Å². The fraction of sp³-hybridized carbons (Fsp3) is 0.0909. The number of benzene rings is 1. The summed E-state index contributed by atoms with van der Waals surface area (Å²) >= 11 is 0. The number of rotatable bonds is 3. The molecule has 3 rings (SSSR count). The van der Waals surface area contributed by atoms with Crippen LogP contribution in [0, 0.1) is 12.7 Å². The second-order valence-electron chi connectivity index (χ2n) is 3.83. The van der Waals surface area contributed by atoms with Gasteiger partial charge in [0, 0.05) is 5.69 Å². The Morgan fingerprint density at radius 2 is 2.21 bits per heavy atom. The number of hydrogen-bond donors (Lipinski definition) is 2. The molecule has 7 nitrogen and oxygen atoms in total. The predicted molar refractivity (Wildman–Crippen MR) is 65.7 cm³/mol. The molecule has 0 saturated carbocycles. The first-order chi connectivity index (χ1) is 9.24. The lowest BCUT2D eigenvalue weighted by Crippen LogP contribution is -2.03. The van der Waals surface area contributed by atoms with Crippen molar-refractivity contribution in [2.75, 3.05) is 5.32 Å². The van der Waals surface area contributed by atoms with Crippen LogP contribution in [0.4, 0.5) is 16.0 Å². The molecule has 3 aromatic rings. The Labute approximate surface area is 107 Å². The molecule has 2 N–H and O–H groups in total. The monoisotopic (exact) mass is 259 g/mol. The quantitative estimate of drug-likeness (QED) is 0.746. The van der Waals surface area contributed by atoms with Crippen LogP contribution >= 0.6 is 0 Å². The highest BCUT2D eigenvalue weighted by Crippen LogP contribution is 2.20. The van der Waals surface area contributed by atoms with Gasteiger partial charge in [0.05, 0.1) is 0 Å². The summed E-state index contributed by atoms with van der Waals surface area (Å²) in [6, 6.07) is 4.69. The Bertz CT molecular complexity index is 689. The van der Waals surface area contributed by atoms with Crippen molar-refractivity contribution in [1.29, 1.82) is 0 Å². The number of aromatic nitrogens is 6. The van der Waals surface area contributed by atoms with Gasteiger partial charge in [0.15, 0.2) is 5.82 Å². The van der Waals surface area contributed by atoms with Gasteiger partial charge >= 0.3 is 0 Å². The highest BCUT2D eigenvalue weighted by atomic mass is 19.1. The Hall–Kier alpha value is -2.77. The molecule has 0 amide bonds. The normalized spacial score (nSPS) is 10.6. The third-order valence-electron chi connectivity index (χ3n) is 2.57. The molecule has 1 aromatic carbocycles. The van der Waals surface area contributed by atoms with E-state index in [0.717, 1.165) is 0 Å². The molecule has 0 unspecified atom stereocenters. The van der Waals surface area contributed by atoms with Crippen LogP contribution in [-0.2, 0) is 0 Å². The fourth-order valence-corrected chi connectivity index (χ4v) is 1.69. The lowest BCUT2D eigenvalue weighted by atomic mass is 10.2. The molecule has 2 heterocycles. The summed E-state index contributed by atoms with van der Waals surface area (Å²) in [7, 11) is 0. The van der Waals surface area contributed by atoms with Gasteiger partial charge in [-0.15, -0.1) is 5.10 Å². The van der Waals surface area contributed by atoms with E-state index in [0.29, 0.717) is 23.1 Å². The second kappa shape index (κ2) is 4.48. The molecule has 0 atom stereocenters. The smallest absolute Gasteiger partial charge is 0.246 e. The second-order valence-corrected chi connectivity index (χ2v) is 3.83. The minimum Gasteiger partial charge on any atom is -0.323 e. The molecule has 0 aliphatic heterocycles. The molecule has 0 saturated heterocycles. The summed E-state index contributed by atoms with van der Waals surface area (Å²) in [5.41, 5.74) is 0.897. The van der Waals surface area contributed by atoms with Gasteiger partial charge in [0.25, 0.3) is 0 Å². The van der Waals surface area contributed by atoms with E-state index in [1.807, 2.05) is 0 Å². The van der Waals surface area contributed by atoms with Crippen molar-refractivity contribution in [1.82, 2.24) is 29.9 Å². The SMILES string of the molecule is Cc1ncnn1-c1ccc(Nc2nc[nH]n2)cc1F. The van der Waals surface area contributed by atoms with Gasteiger partial charge in [-0.1, -0.05) is 0 Å². The first kappa shape index (κ1) is 11.3. The number of anilines is 2. The topological polar surface area (TPSA) is 84.3 Å². The summed E-state index contributed by atoms with van der Waals surface area (Å²) in [6.45, 7) is 1.76. The Balaban J connectivity index is 1.92. The minimum atomic E-state index is -0.408. The van der Waals surface area contributed by atoms with Crippen LogP contribution < -0.4 is 5.32 Å². The molecule has 8 heteroatoms. The number of H-pyrrole nitrogens is 1. The zero-order chi connectivity index (χ0) is 13.2. The maximum absolute atomic E-state index is 14.0. The maximum atomic E-state index is 14.0. The van der Waals surface area contributed by atoms with Crippen LogP contribution in [0.25, 0.3) is 5.69 Å². The molecule has 2 aromatic heterocycles. The van der Waals surface area contributed by atoms with E-state index in [-0.39, 0.29) is 0 Å². The van der Waals surface area contributed by atoms with Crippen molar-refractivity contribution in [3.8, 4) is 5.69 Å². The standard InChI is InChI=1S/C11H10FN7/c1-7-13-6-16-19(7)10-3-2-8(4-9(10)12)17-11-14-5-15-18-11/h2-6H,1H3,(H2,14,15,17,18). The van der Waals surface area contributed by atoms with Crippen molar-refractivity contribution in [2.24, 2.45) is 0 Å². The number of aryl methyl sites for hydroxylation is 1. The van der Waals surface area contributed by atoms with E-state index in [1.165, 1.54) is 23.4 Å². The summed E-state index contributed by atoms with van der Waals surface area (Å²) in [5, 5.41) is 13.2. The highest BCUT2D eigenvalue weighted by molar-refractivity contribution is 5.55. The van der Waals surface area contributed by atoms with Crippen molar-refractivity contribution < 1.29 is 4.39 Å². The summed E-state index contributed by atoms with van der Waals surface area (Å²) in [4.78, 5) is 7.86. The van der Waals surface area contributed by atoms with Crippen molar-refractivity contribution >= 4 is 11.6 Å². The van der Waals surface area contributed by atoms with E-state index < -0.39 is 5.82 Å². The van der Waals surface area contributed by atoms with Crippen LogP contribution in [0.2, 0.25) is 0 Å². The van der Waals surface area contributed by atoms with Gasteiger partial charge in [0.2, 0.25) is 5.95 Å². The number of hydrogen-bond acceptors (Lipinski definition) is 5.